The van der Waals surface area contributed by atoms with E-state index in [1.165, 1.54) is 12.8 Å². The Kier molecular flexibility index (Phi) is 4.79. The Hall–Kier alpha value is -0.160. The van der Waals surface area contributed by atoms with E-state index in [-0.39, 0.29) is 17.7 Å². The molecule has 100 valence electrons. The van der Waals surface area contributed by atoms with Crippen molar-refractivity contribution in [3.05, 3.63) is 0 Å². The van der Waals surface area contributed by atoms with Crippen LogP contribution in [0.15, 0.2) is 0 Å². The van der Waals surface area contributed by atoms with Crippen LogP contribution in [-0.2, 0) is 9.47 Å². The summed E-state index contributed by atoms with van der Waals surface area (Å²) >= 11 is 0. The van der Waals surface area contributed by atoms with Crippen LogP contribution in [0.25, 0.3) is 0 Å². The molecule has 1 aliphatic carbocycles. The van der Waals surface area contributed by atoms with Crippen LogP contribution < -0.4 is 5.32 Å². The van der Waals surface area contributed by atoms with Gasteiger partial charge in [0, 0.05) is 32.7 Å². The van der Waals surface area contributed by atoms with Crippen LogP contribution in [0.1, 0.15) is 38.5 Å². The normalized spacial score (nSPS) is 39.2. The predicted molar refractivity (Wildman–Crippen MR) is 66.1 cm³/mol. The zero-order valence-corrected chi connectivity index (χ0v) is 10.8. The summed E-state index contributed by atoms with van der Waals surface area (Å²) in [4.78, 5) is 0. The number of rotatable bonds is 4. The zero-order valence-electron chi connectivity index (χ0n) is 10.8. The van der Waals surface area contributed by atoms with Crippen LogP contribution in [0.3, 0.4) is 0 Å². The number of hydrogen-bond acceptors (Lipinski definition) is 4. The van der Waals surface area contributed by atoms with E-state index < -0.39 is 0 Å². The third kappa shape index (κ3) is 3.41. The van der Waals surface area contributed by atoms with Crippen LogP contribution in [0.5, 0.6) is 0 Å². The molecule has 0 aromatic carbocycles. The van der Waals surface area contributed by atoms with Crippen molar-refractivity contribution in [1.82, 2.24) is 5.32 Å². The molecule has 1 saturated carbocycles. The lowest BCUT2D eigenvalue weighted by Crippen LogP contribution is -2.49. The van der Waals surface area contributed by atoms with Crippen molar-refractivity contribution in [2.24, 2.45) is 0 Å². The van der Waals surface area contributed by atoms with Crippen LogP contribution in [0, 0.1) is 0 Å². The predicted octanol–water partition coefficient (Wildman–Crippen LogP) is 1.08. The summed E-state index contributed by atoms with van der Waals surface area (Å²) in [5, 5.41) is 13.5. The van der Waals surface area contributed by atoms with Crippen molar-refractivity contribution in [3.8, 4) is 0 Å². The molecule has 4 heteroatoms. The second-order valence-corrected chi connectivity index (χ2v) is 5.38. The molecule has 4 nitrogen and oxygen atoms in total. The van der Waals surface area contributed by atoms with Gasteiger partial charge in [0.15, 0.2) is 0 Å². The van der Waals surface area contributed by atoms with Crippen molar-refractivity contribution in [2.75, 3.05) is 26.9 Å². The SMILES string of the molecule is COC1(CNC2CCCCCC2O)CCOC1. The van der Waals surface area contributed by atoms with E-state index in [0.29, 0.717) is 6.61 Å². The maximum Gasteiger partial charge on any atom is 0.106 e. The molecule has 0 amide bonds. The molecule has 0 aromatic rings. The molecule has 0 radical (unpaired) electrons. The molecule has 17 heavy (non-hydrogen) atoms. The second-order valence-electron chi connectivity index (χ2n) is 5.38. The van der Waals surface area contributed by atoms with Gasteiger partial charge in [-0.15, -0.1) is 0 Å². The van der Waals surface area contributed by atoms with E-state index in [0.717, 1.165) is 38.8 Å². The van der Waals surface area contributed by atoms with E-state index in [9.17, 15) is 5.11 Å². The molecule has 1 saturated heterocycles. The summed E-state index contributed by atoms with van der Waals surface area (Å²) in [5.41, 5.74) is -0.175. The molecular formula is C13H25NO3. The summed E-state index contributed by atoms with van der Waals surface area (Å²) in [6, 6.07) is 0.227. The second kappa shape index (κ2) is 6.14. The third-order valence-corrected chi connectivity index (χ3v) is 4.17. The summed E-state index contributed by atoms with van der Waals surface area (Å²) in [7, 11) is 1.75. The Labute approximate surface area is 104 Å². The fourth-order valence-electron chi connectivity index (χ4n) is 2.80. The number of nitrogens with one attached hydrogen (secondary N) is 1. The van der Waals surface area contributed by atoms with Crippen molar-refractivity contribution < 1.29 is 14.6 Å². The number of aliphatic hydroxyl groups is 1. The Morgan fingerprint density at radius 1 is 1.35 bits per heavy atom. The molecule has 2 aliphatic rings. The standard InChI is InChI=1S/C13H25NO3/c1-16-13(7-8-17-10-13)9-14-11-5-3-2-4-6-12(11)15/h11-12,14-15H,2-10H2,1H3. The minimum Gasteiger partial charge on any atom is -0.392 e. The molecule has 2 rings (SSSR count). The number of ether oxygens (including phenoxy) is 2. The van der Waals surface area contributed by atoms with E-state index in [4.69, 9.17) is 9.47 Å². The lowest BCUT2D eigenvalue weighted by Gasteiger charge is -2.30. The van der Waals surface area contributed by atoms with Crippen molar-refractivity contribution in [1.29, 1.82) is 0 Å². The van der Waals surface area contributed by atoms with E-state index in [2.05, 4.69) is 5.32 Å². The highest BCUT2D eigenvalue weighted by molar-refractivity contribution is 4.90. The van der Waals surface area contributed by atoms with Gasteiger partial charge in [-0.3, -0.25) is 0 Å². The first kappa shape index (κ1) is 13.3. The van der Waals surface area contributed by atoms with E-state index in [1.807, 2.05) is 0 Å². The third-order valence-electron chi connectivity index (χ3n) is 4.17. The van der Waals surface area contributed by atoms with Crippen LogP contribution in [-0.4, -0.2) is 49.7 Å². The quantitative estimate of drug-likeness (QED) is 0.725. The van der Waals surface area contributed by atoms with E-state index >= 15 is 0 Å². The Balaban J connectivity index is 1.83. The smallest absolute Gasteiger partial charge is 0.106 e. The highest BCUT2D eigenvalue weighted by atomic mass is 16.5. The monoisotopic (exact) mass is 243 g/mol. The number of hydrogen-bond donors (Lipinski definition) is 2. The van der Waals surface area contributed by atoms with Gasteiger partial charge in [0.25, 0.3) is 0 Å². The average molecular weight is 243 g/mol. The minimum atomic E-state index is -0.200. The average Bonchev–Trinajstić information content (AvgIpc) is 2.72. The Bertz CT molecular complexity index is 229. The van der Waals surface area contributed by atoms with Gasteiger partial charge < -0.3 is 19.9 Å². The summed E-state index contributed by atoms with van der Waals surface area (Å²) < 4.78 is 11.0. The van der Waals surface area contributed by atoms with Crippen molar-refractivity contribution >= 4 is 0 Å². The molecule has 0 bridgehead atoms. The highest BCUT2D eigenvalue weighted by Crippen LogP contribution is 2.23. The lowest BCUT2D eigenvalue weighted by molar-refractivity contribution is -0.0213. The molecule has 3 unspecified atom stereocenters. The van der Waals surface area contributed by atoms with Crippen LogP contribution in [0.2, 0.25) is 0 Å². The molecule has 1 heterocycles. The molecule has 1 aliphatic heterocycles. The van der Waals surface area contributed by atoms with Gasteiger partial charge in [0.1, 0.15) is 5.60 Å². The first-order chi connectivity index (χ1) is 8.26. The molecule has 3 atom stereocenters. The van der Waals surface area contributed by atoms with Crippen molar-refractivity contribution in [2.45, 2.75) is 56.3 Å². The Morgan fingerprint density at radius 3 is 2.88 bits per heavy atom. The molecule has 2 fully saturated rings. The molecule has 0 aromatic heterocycles. The maximum absolute atomic E-state index is 10.0. The summed E-state index contributed by atoms with van der Waals surface area (Å²) in [6.07, 6.45) is 6.35. The Morgan fingerprint density at radius 2 is 2.18 bits per heavy atom. The summed E-state index contributed by atoms with van der Waals surface area (Å²) in [5.74, 6) is 0. The topological polar surface area (TPSA) is 50.7 Å². The van der Waals surface area contributed by atoms with Crippen LogP contribution in [0.4, 0.5) is 0 Å². The van der Waals surface area contributed by atoms with E-state index in [1.54, 1.807) is 7.11 Å². The van der Waals surface area contributed by atoms with Gasteiger partial charge in [-0.2, -0.15) is 0 Å². The van der Waals surface area contributed by atoms with Gasteiger partial charge in [-0.1, -0.05) is 19.3 Å². The van der Waals surface area contributed by atoms with Gasteiger partial charge in [-0.25, -0.2) is 0 Å². The molecule has 2 N–H and O–H groups in total. The van der Waals surface area contributed by atoms with Gasteiger partial charge >= 0.3 is 0 Å². The van der Waals surface area contributed by atoms with Crippen molar-refractivity contribution in [3.63, 3.8) is 0 Å². The van der Waals surface area contributed by atoms with Gasteiger partial charge in [-0.05, 0) is 12.8 Å². The number of methoxy groups -OCH3 is 1. The molecule has 0 spiro atoms. The van der Waals surface area contributed by atoms with Crippen LogP contribution >= 0.6 is 0 Å². The zero-order chi connectivity index (χ0) is 12.1. The highest BCUT2D eigenvalue weighted by Gasteiger charge is 2.36. The minimum absolute atomic E-state index is 0.175. The fourth-order valence-corrected chi connectivity index (χ4v) is 2.80. The maximum atomic E-state index is 10.0. The first-order valence-electron chi connectivity index (χ1n) is 6.80. The molecular weight excluding hydrogens is 218 g/mol. The largest absolute Gasteiger partial charge is 0.392 e. The lowest BCUT2D eigenvalue weighted by atomic mass is 10.0. The van der Waals surface area contributed by atoms with Gasteiger partial charge in [0.2, 0.25) is 0 Å². The number of aliphatic hydroxyl groups excluding tert-OH is 1. The summed E-state index contributed by atoms with van der Waals surface area (Å²) in [6.45, 7) is 2.23. The first-order valence-corrected chi connectivity index (χ1v) is 6.80. The fraction of sp³-hybridized carbons (Fsp3) is 1.00. The van der Waals surface area contributed by atoms with Gasteiger partial charge in [0.05, 0.1) is 12.7 Å².